The Morgan fingerprint density at radius 3 is 2.61 bits per heavy atom. The fourth-order valence-electron chi connectivity index (χ4n) is 2.57. The molecule has 0 saturated carbocycles. The topological polar surface area (TPSA) is 58.4 Å². The summed E-state index contributed by atoms with van der Waals surface area (Å²) in [6.07, 6.45) is 2.99. The lowest BCUT2D eigenvalue weighted by Gasteiger charge is -2.28. The van der Waals surface area contributed by atoms with Crippen molar-refractivity contribution in [2.24, 2.45) is 11.7 Å². The highest BCUT2D eigenvalue weighted by Crippen LogP contribution is 2.22. The van der Waals surface area contributed by atoms with Gasteiger partial charge in [-0.1, -0.05) is 13.3 Å². The largest absolute Gasteiger partial charge is 0.351 e. The van der Waals surface area contributed by atoms with Crippen molar-refractivity contribution in [2.75, 3.05) is 19.6 Å². The lowest BCUT2D eigenvalue weighted by Crippen LogP contribution is -2.46. The first kappa shape index (κ1) is 15.4. The molecule has 0 aromatic heterocycles. The number of amides is 1. The summed E-state index contributed by atoms with van der Waals surface area (Å²) in [6.45, 7) is 11.0. The van der Waals surface area contributed by atoms with E-state index in [9.17, 15) is 4.79 Å². The fraction of sp³-hybridized carbons (Fsp3) is 0.929. The highest BCUT2D eigenvalue weighted by atomic mass is 16.1. The zero-order valence-corrected chi connectivity index (χ0v) is 12.3. The van der Waals surface area contributed by atoms with Gasteiger partial charge in [0.25, 0.3) is 0 Å². The monoisotopic (exact) mass is 255 g/mol. The minimum Gasteiger partial charge on any atom is -0.351 e. The van der Waals surface area contributed by atoms with E-state index < -0.39 is 0 Å². The first-order chi connectivity index (χ1) is 8.35. The van der Waals surface area contributed by atoms with Gasteiger partial charge in [0.2, 0.25) is 5.91 Å². The van der Waals surface area contributed by atoms with Crippen molar-refractivity contribution in [3.05, 3.63) is 0 Å². The molecule has 1 saturated heterocycles. The van der Waals surface area contributed by atoms with Crippen molar-refractivity contribution in [1.82, 2.24) is 10.2 Å². The Labute approximate surface area is 111 Å². The smallest absolute Gasteiger partial charge is 0.222 e. The summed E-state index contributed by atoms with van der Waals surface area (Å²) < 4.78 is 0. The molecule has 1 aliphatic rings. The molecule has 1 amide bonds. The Morgan fingerprint density at radius 2 is 2.17 bits per heavy atom. The van der Waals surface area contributed by atoms with Crippen LogP contribution < -0.4 is 11.1 Å². The molecule has 1 heterocycles. The van der Waals surface area contributed by atoms with Crippen molar-refractivity contribution >= 4 is 5.91 Å². The summed E-state index contributed by atoms with van der Waals surface area (Å²) >= 11 is 0. The quantitative estimate of drug-likeness (QED) is 0.779. The summed E-state index contributed by atoms with van der Waals surface area (Å²) in [7, 11) is 0. The van der Waals surface area contributed by atoms with E-state index in [1.807, 2.05) is 20.8 Å². The van der Waals surface area contributed by atoms with Crippen molar-refractivity contribution in [1.29, 1.82) is 0 Å². The zero-order valence-electron chi connectivity index (χ0n) is 12.3. The second-order valence-corrected chi connectivity index (χ2v) is 6.45. The van der Waals surface area contributed by atoms with Crippen LogP contribution >= 0.6 is 0 Å². The number of nitrogens with zero attached hydrogens (tertiary/aromatic N) is 1. The van der Waals surface area contributed by atoms with Crippen LogP contribution in [0.4, 0.5) is 0 Å². The molecule has 18 heavy (non-hydrogen) atoms. The molecule has 0 spiro atoms. The number of hydrogen-bond donors (Lipinski definition) is 2. The second kappa shape index (κ2) is 6.53. The Bertz CT molecular complexity index is 273. The van der Waals surface area contributed by atoms with Crippen LogP contribution in [0.5, 0.6) is 0 Å². The normalized spacial score (nSPS) is 23.1. The SMILES string of the molecule is CCC1CCN(C(CN)CC(=O)NC(C)(C)C)C1. The van der Waals surface area contributed by atoms with Gasteiger partial charge in [-0.25, -0.2) is 0 Å². The van der Waals surface area contributed by atoms with E-state index in [0.717, 1.165) is 19.0 Å². The number of hydrogen-bond acceptors (Lipinski definition) is 3. The van der Waals surface area contributed by atoms with Gasteiger partial charge in [0.1, 0.15) is 0 Å². The number of nitrogens with one attached hydrogen (secondary N) is 1. The summed E-state index contributed by atoms with van der Waals surface area (Å²) in [5, 5.41) is 3.01. The van der Waals surface area contributed by atoms with Crippen molar-refractivity contribution in [2.45, 2.75) is 58.5 Å². The minimum absolute atomic E-state index is 0.109. The maximum Gasteiger partial charge on any atom is 0.222 e. The molecule has 4 nitrogen and oxygen atoms in total. The van der Waals surface area contributed by atoms with E-state index in [4.69, 9.17) is 5.73 Å². The number of nitrogens with two attached hydrogens (primary N) is 1. The lowest BCUT2D eigenvalue weighted by molar-refractivity contribution is -0.123. The summed E-state index contributed by atoms with van der Waals surface area (Å²) in [5.41, 5.74) is 5.67. The first-order valence-electron chi connectivity index (χ1n) is 7.10. The van der Waals surface area contributed by atoms with Crippen molar-refractivity contribution in [3.8, 4) is 0 Å². The van der Waals surface area contributed by atoms with Crippen molar-refractivity contribution in [3.63, 3.8) is 0 Å². The van der Waals surface area contributed by atoms with Gasteiger partial charge in [0, 0.05) is 31.1 Å². The average Bonchev–Trinajstić information content (AvgIpc) is 2.71. The highest BCUT2D eigenvalue weighted by molar-refractivity contribution is 5.77. The van der Waals surface area contributed by atoms with E-state index in [-0.39, 0.29) is 17.5 Å². The Kier molecular flexibility index (Phi) is 5.60. The van der Waals surface area contributed by atoms with Crippen LogP contribution in [0.15, 0.2) is 0 Å². The van der Waals surface area contributed by atoms with Gasteiger partial charge < -0.3 is 11.1 Å². The van der Waals surface area contributed by atoms with Crippen LogP contribution in [0, 0.1) is 5.92 Å². The maximum absolute atomic E-state index is 11.9. The van der Waals surface area contributed by atoms with Crippen LogP contribution in [-0.2, 0) is 4.79 Å². The average molecular weight is 255 g/mol. The van der Waals surface area contributed by atoms with Gasteiger partial charge in [0.05, 0.1) is 0 Å². The molecule has 0 bridgehead atoms. The summed E-state index contributed by atoms with van der Waals surface area (Å²) in [6, 6.07) is 0.198. The van der Waals surface area contributed by atoms with E-state index >= 15 is 0 Å². The predicted molar refractivity (Wildman–Crippen MR) is 75.3 cm³/mol. The number of carbonyl (C=O) groups excluding carboxylic acids is 1. The maximum atomic E-state index is 11.9. The second-order valence-electron chi connectivity index (χ2n) is 6.45. The van der Waals surface area contributed by atoms with Gasteiger partial charge in [0.15, 0.2) is 0 Å². The predicted octanol–water partition coefficient (Wildman–Crippen LogP) is 1.35. The Balaban J connectivity index is 2.45. The zero-order chi connectivity index (χ0) is 13.8. The van der Waals surface area contributed by atoms with Crippen LogP contribution in [0.25, 0.3) is 0 Å². The molecule has 0 aromatic rings. The third-order valence-corrected chi connectivity index (χ3v) is 3.62. The highest BCUT2D eigenvalue weighted by Gasteiger charge is 2.28. The molecule has 2 atom stereocenters. The van der Waals surface area contributed by atoms with Gasteiger partial charge in [-0.15, -0.1) is 0 Å². The third kappa shape index (κ3) is 4.94. The molecule has 3 N–H and O–H groups in total. The van der Waals surface area contributed by atoms with Gasteiger partial charge >= 0.3 is 0 Å². The molecule has 1 fully saturated rings. The third-order valence-electron chi connectivity index (χ3n) is 3.62. The summed E-state index contributed by atoms with van der Waals surface area (Å²) in [5.74, 6) is 0.891. The molecule has 2 unspecified atom stereocenters. The van der Waals surface area contributed by atoms with E-state index in [1.54, 1.807) is 0 Å². The molecular formula is C14H29N3O. The molecule has 1 rings (SSSR count). The molecule has 0 aliphatic carbocycles. The standard InChI is InChI=1S/C14H29N3O/c1-5-11-6-7-17(10-11)12(9-15)8-13(18)16-14(2,3)4/h11-12H,5-10,15H2,1-4H3,(H,16,18). The van der Waals surface area contributed by atoms with E-state index in [1.165, 1.54) is 12.8 Å². The molecule has 0 aromatic carbocycles. The summed E-state index contributed by atoms with van der Waals surface area (Å²) in [4.78, 5) is 14.3. The van der Waals surface area contributed by atoms with Crippen molar-refractivity contribution < 1.29 is 4.79 Å². The Hall–Kier alpha value is -0.610. The number of likely N-dealkylation sites (tertiary alicyclic amines) is 1. The molecule has 106 valence electrons. The molecular weight excluding hydrogens is 226 g/mol. The molecule has 0 radical (unpaired) electrons. The number of rotatable bonds is 5. The lowest BCUT2D eigenvalue weighted by atomic mass is 10.1. The van der Waals surface area contributed by atoms with Crippen LogP contribution in [0.3, 0.4) is 0 Å². The molecule has 1 aliphatic heterocycles. The van der Waals surface area contributed by atoms with E-state index in [0.29, 0.717) is 13.0 Å². The van der Waals surface area contributed by atoms with Crippen LogP contribution in [0.1, 0.15) is 47.0 Å². The molecule has 4 heteroatoms. The first-order valence-corrected chi connectivity index (χ1v) is 7.10. The van der Waals surface area contributed by atoms with Gasteiger partial charge in [-0.05, 0) is 39.7 Å². The van der Waals surface area contributed by atoms with Crippen LogP contribution in [0.2, 0.25) is 0 Å². The minimum atomic E-state index is -0.160. The Morgan fingerprint density at radius 1 is 1.50 bits per heavy atom. The van der Waals surface area contributed by atoms with Gasteiger partial charge in [-0.3, -0.25) is 9.69 Å². The van der Waals surface area contributed by atoms with E-state index in [2.05, 4.69) is 17.1 Å². The fourth-order valence-corrected chi connectivity index (χ4v) is 2.57. The van der Waals surface area contributed by atoms with Gasteiger partial charge in [-0.2, -0.15) is 0 Å². The van der Waals surface area contributed by atoms with Crippen LogP contribution in [-0.4, -0.2) is 42.0 Å². The number of carbonyl (C=O) groups is 1.